The van der Waals surface area contributed by atoms with E-state index in [-0.39, 0.29) is 5.91 Å². The predicted octanol–water partition coefficient (Wildman–Crippen LogP) is 1.10. The smallest absolute Gasteiger partial charge is 0.310 e. The lowest BCUT2D eigenvalue weighted by Gasteiger charge is -2.21. The summed E-state index contributed by atoms with van der Waals surface area (Å²) in [4.78, 5) is 25.9. The van der Waals surface area contributed by atoms with E-state index in [1.54, 1.807) is 11.0 Å². The van der Waals surface area contributed by atoms with Crippen molar-refractivity contribution in [3.8, 4) is 0 Å². The number of benzene rings is 1. The summed E-state index contributed by atoms with van der Waals surface area (Å²) in [5, 5.41) is 9.41. The summed E-state index contributed by atoms with van der Waals surface area (Å²) in [5.41, 5.74) is 0.446. The van der Waals surface area contributed by atoms with E-state index < -0.39 is 29.5 Å². The molecule has 5 heteroatoms. The lowest BCUT2D eigenvalue weighted by molar-refractivity contribution is -0.148. The maximum Gasteiger partial charge on any atom is 0.310 e. The number of rotatable bonds is 4. The number of amides is 1. The fourth-order valence-electron chi connectivity index (χ4n) is 3.96. The second-order valence-electron chi connectivity index (χ2n) is 6.23. The van der Waals surface area contributed by atoms with Gasteiger partial charge < -0.3 is 14.7 Å². The van der Waals surface area contributed by atoms with Crippen molar-refractivity contribution in [2.45, 2.75) is 18.1 Å². The zero-order valence-electron chi connectivity index (χ0n) is 12.0. The van der Waals surface area contributed by atoms with Crippen molar-refractivity contribution >= 4 is 11.9 Å². The van der Waals surface area contributed by atoms with E-state index in [9.17, 15) is 14.7 Å². The summed E-state index contributed by atoms with van der Waals surface area (Å²) in [6.45, 7) is 1.05. The zero-order valence-corrected chi connectivity index (χ0v) is 12.0. The predicted molar refractivity (Wildman–Crippen MR) is 78.1 cm³/mol. The molecule has 0 aromatic heterocycles. The average molecular weight is 299 g/mol. The molecule has 0 radical (unpaired) electrons. The summed E-state index contributed by atoms with van der Waals surface area (Å²) >= 11 is 0. The van der Waals surface area contributed by atoms with Crippen LogP contribution >= 0.6 is 0 Å². The molecule has 1 aromatic rings. The molecule has 4 rings (SSSR count). The number of carboxylic acid groups (broad SMARTS) is 1. The third-order valence-electron chi connectivity index (χ3n) is 4.98. The number of carbonyl (C=O) groups is 2. The van der Waals surface area contributed by atoms with Gasteiger partial charge in [0.25, 0.3) is 0 Å². The first-order valence-corrected chi connectivity index (χ1v) is 7.53. The summed E-state index contributed by atoms with van der Waals surface area (Å²) in [7, 11) is 0. The van der Waals surface area contributed by atoms with Crippen LogP contribution in [0.15, 0.2) is 42.5 Å². The number of hydrogen-bond donors (Lipinski definition) is 1. The second kappa shape index (κ2) is 4.68. The van der Waals surface area contributed by atoms with Crippen LogP contribution in [-0.4, -0.2) is 46.7 Å². The Kier molecular flexibility index (Phi) is 2.87. The van der Waals surface area contributed by atoms with Gasteiger partial charge in [-0.15, -0.1) is 0 Å². The van der Waals surface area contributed by atoms with Crippen molar-refractivity contribution in [2.24, 2.45) is 11.8 Å². The van der Waals surface area contributed by atoms with Gasteiger partial charge in [0.1, 0.15) is 11.5 Å². The van der Waals surface area contributed by atoms with Crippen molar-refractivity contribution in [3.63, 3.8) is 0 Å². The van der Waals surface area contributed by atoms with E-state index in [0.717, 1.165) is 6.42 Å². The Hall–Kier alpha value is -2.14. The molecule has 3 heterocycles. The molecule has 1 N–H and O–H groups in total. The summed E-state index contributed by atoms with van der Waals surface area (Å²) in [6.07, 6.45) is 3.99. The number of likely N-dealkylation sites (tertiary alicyclic amines) is 1. The lowest BCUT2D eigenvalue weighted by atomic mass is 9.77. The normalized spacial score (nSPS) is 35.2. The number of aliphatic carboxylic acids is 1. The van der Waals surface area contributed by atoms with Crippen molar-refractivity contribution in [3.05, 3.63) is 48.0 Å². The number of hydrogen-bond acceptors (Lipinski definition) is 3. The molecule has 114 valence electrons. The maximum atomic E-state index is 12.7. The molecular weight excluding hydrogens is 282 g/mol. The maximum absolute atomic E-state index is 12.7. The van der Waals surface area contributed by atoms with Gasteiger partial charge in [-0.25, -0.2) is 0 Å². The summed E-state index contributed by atoms with van der Waals surface area (Å²) in [5.74, 6) is -2.36. The molecule has 2 saturated heterocycles. The Morgan fingerprint density at radius 2 is 2.14 bits per heavy atom. The van der Waals surface area contributed by atoms with E-state index in [4.69, 9.17) is 4.74 Å². The minimum atomic E-state index is -0.945. The van der Waals surface area contributed by atoms with Crippen molar-refractivity contribution in [1.29, 1.82) is 0 Å². The summed E-state index contributed by atoms with van der Waals surface area (Å²) < 4.78 is 5.86. The molecule has 0 saturated carbocycles. The highest BCUT2D eigenvalue weighted by Crippen LogP contribution is 2.51. The molecule has 3 unspecified atom stereocenters. The van der Waals surface area contributed by atoms with Crippen molar-refractivity contribution in [2.75, 3.05) is 13.1 Å². The van der Waals surface area contributed by atoms with Crippen LogP contribution in [0, 0.1) is 11.8 Å². The van der Waals surface area contributed by atoms with Gasteiger partial charge in [-0.2, -0.15) is 0 Å². The molecule has 3 aliphatic heterocycles. The quantitative estimate of drug-likeness (QED) is 0.845. The highest BCUT2D eigenvalue weighted by atomic mass is 16.5. The van der Waals surface area contributed by atoms with Crippen LogP contribution in [0.1, 0.15) is 5.56 Å². The van der Waals surface area contributed by atoms with Crippen LogP contribution in [0.25, 0.3) is 0 Å². The first-order valence-electron chi connectivity index (χ1n) is 7.53. The number of carbonyl (C=O) groups excluding carboxylic acids is 1. The molecule has 2 bridgehead atoms. The molecule has 5 nitrogen and oxygen atoms in total. The first-order chi connectivity index (χ1) is 10.6. The van der Waals surface area contributed by atoms with Crippen LogP contribution in [-0.2, 0) is 20.7 Å². The summed E-state index contributed by atoms with van der Waals surface area (Å²) in [6, 6.07) is 9.97. The Morgan fingerprint density at radius 3 is 2.86 bits per heavy atom. The van der Waals surface area contributed by atoms with Gasteiger partial charge in [0.15, 0.2) is 0 Å². The van der Waals surface area contributed by atoms with Gasteiger partial charge in [0, 0.05) is 6.54 Å². The van der Waals surface area contributed by atoms with Gasteiger partial charge >= 0.3 is 5.97 Å². The second-order valence-corrected chi connectivity index (χ2v) is 6.23. The molecular formula is C17H17NO4. The third kappa shape index (κ3) is 1.82. The highest BCUT2D eigenvalue weighted by Gasteiger charge is 2.66. The van der Waals surface area contributed by atoms with Crippen LogP contribution < -0.4 is 0 Å². The zero-order chi connectivity index (χ0) is 15.3. The Morgan fingerprint density at radius 1 is 1.36 bits per heavy atom. The SMILES string of the molecule is O=C(O)C1C2C=C[C@@]3(CN(CCc4ccccc4)C(=O)C13)O2. The molecule has 0 aliphatic carbocycles. The van der Waals surface area contributed by atoms with E-state index in [0.29, 0.717) is 13.1 Å². The minimum absolute atomic E-state index is 0.0878. The van der Waals surface area contributed by atoms with Gasteiger partial charge in [0.2, 0.25) is 5.91 Å². The largest absolute Gasteiger partial charge is 0.481 e. The first kappa shape index (κ1) is 13.5. The van der Waals surface area contributed by atoms with E-state index >= 15 is 0 Å². The van der Waals surface area contributed by atoms with Gasteiger partial charge in [-0.1, -0.05) is 42.5 Å². The Balaban J connectivity index is 1.53. The average Bonchev–Trinajstić information content (AvgIpc) is 3.14. The Bertz CT molecular complexity index is 656. The number of ether oxygens (including phenoxy) is 1. The van der Waals surface area contributed by atoms with Gasteiger partial charge in [0.05, 0.1) is 18.6 Å². The van der Waals surface area contributed by atoms with E-state index in [2.05, 4.69) is 0 Å². The molecule has 3 aliphatic rings. The fourth-order valence-corrected chi connectivity index (χ4v) is 3.96. The fraction of sp³-hybridized carbons (Fsp3) is 0.412. The monoisotopic (exact) mass is 299 g/mol. The van der Waals surface area contributed by atoms with Crippen LogP contribution in [0.3, 0.4) is 0 Å². The van der Waals surface area contributed by atoms with Gasteiger partial charge in [-0.05, 0) is 12.0 Å². The molecule has 22 heavy (non-hydrogen) atoms. The van der Waals surface area contributed by atoms with Crippen LogP contribution in [0.5, 0.6) is 0 Å². The van der Waals surface area contributed by atoms with Gasteiger partial charge in [-0.3, -0.25) is 9.59 Å². The standard InChI is InChI=1S/C17H17NO4/c19-15-14-13(16(20)21)12-6-8-17(14,22-12)10-18(15)9-7-11-4-2-1-3-5-11/h1-6,8,12-14H,7,9-10H2,(H,20,21)/t12?,13?,14?,17-/m0/s1. The molecule has 1 amide bonds. The van der Waals surface area contributed by atoms with Crippen molar-refractivity contribution in [1.82, 2.24) is 4.90 Å². The van der Waals surface area contributed by atoms with E-state index in [1.807, 2.05) is 36.4 Å². The minimum Gasteiger partial charge on any atom is -0.481 e. The highest BCUT2D eigenvalue weighted by molar-refractivity contribution is 5.90. The number of carboxylic acids is 1. The van der Waals surface area contributed by atoms with Crippen molar-refractivity contribution < 1.29 is 19.4 Å². The molecule has 4 atom stereocenters. The van der Waals surface area contributed by atoms with E-state index in [1.165, 1.54) is 5.56 Å². The molecule has 2 fully saturated rings. The van der Waals surface area contributed by atoms with Crippen LogP contribution in [0.2, 0.25) is 0 Å². The van der Waals surface area contributed by atoms with Crippen LogP contribution in [0.4, 0.5) is 0 Å². The lowest BCUT2D eigenvalue weighted by Crippen LogP contribution is -2.39. The molecule has 1 spiro atoms. The topological polar surface area (TPSA) is 66.8 Å². The third-order valence-corrected chi connectivity index (χ3v) is 4.98. The number of fused-ring (bicyclic) bond motifs is 1. The Labute approximate surface area is 128 Å². The molecule has 1 aromatic carbocycles. The number of nitrogens with zero attached hydrogens (tertiary/aromatic N) is 1.